The maximum absolute atomic E-state index is 10.9. The third kappa shape index (κ3) is 8.13. The van der Waals surface area contributed by atoms with Gasteiger partial charge in [0.25, 0.3) is 0 Å². The van der Waals surface area contributed by atoms with Crippen molar-refractivity contribution in [3.63, 3.8) is 0 Å². The van der Waals surface area contributed by atoms with Crippen molar-refractivity contribution in [1.29, 1.82) is 0 Å². The van der Waals surface area contributed by atoms with Crippen LogP contribution in [0.4, 0.5) is 0 Å². The van der Waals surface area contributed by atoms with E-state index in [0.29, 0.717) is 12.2 Å². The molecule has 0 aliphatic heterocycles. The summed E-state index contributed by atoms with van der Waals surface area (Å²) in [5.41, 5.74) is 0.443. The predicted molar refractivity (Wildman–Crippen MR) is 59.4 cm³/mol. The van der Waals surface area contributed by atoms with Crippen LogP contribution < -0.4 is 0 Å². The van der Waals surface area contributed by atoms with Crippen molar-refractivity contribution in [2.45, 2.75) is 19.8 Å². The third-order valence-electron chi connectivity index (χ3n) is 1.46. The zero-order chi connectivity index (χ0) is 10.8. The van der Waals surface area contributed by atoms with Crippen LogP contribution in [0.15, 0.2) is 12.2 Å². The van der Waals surface area contributed by atoms with Gasteiger partial charge in [-0.15, -0.1) is 0 Å². The normalized spacial score (nSPS) is 9.86. The lowest BCUT2D eigenvalue weighted by molar-refractivity contribution is -0.138. The number of hydrogen-bond donors (Lipinski definition) is 1. The maximum atomic E-state index is 10.9. The van der Waals surface area contributed by atoms with Crippen molar-refractivity contribution >= 4 is 17.7 Å². The molecule has 14 heavy (non-hydrogen) atoms. The number of aliphatic hydroxyl groups is 1. The monoisotopic (exact) mass is 218 g/mol. The van der Waals surface area contributed by atoms with Gasteiger partial charge >= 0.3 is 5.97 Å². The zero-order valence-corrected chi connectivity index (χ0v) is 9.44. The largest absolute Gasteiger partial charge is 0.462 e. The van der Waals surface area contributed by atoms with Gasteiger partial charge in [-0.1, -0.05) is 6.58 Å². The van der Waals surface area contributed by atoms with Crippen molar-refractivity contribution in [2.24, 2.45) is 0 Å². The summed E-state index contributed by atoms with van der Waals surface area (Å²) in [4.78, 5) is 10.9. The lowest BCUT2D eigenvalue weighted by atomic mass is 10.4. The van der Waals surface area contributed by atoms with Crippen molar-refractivity contribution in [2.75, 3.05) is 24.7 Å². The van der Waals surface area contributed by atoms with Crippen molar-refractivity contribution in [1.82, 2.24) is 0 Å². The van der Waals surface area contributed by atoms with Gasteiger partial charge in [0.2, 0.25) is 0 Å². The Labute approximate surface area is 89.5 Å². The van der Waals surface area contributed by atoms with Gasteiger partial charge in [-0.05, 0) is 31.3 Å². The van der Waals surface area contributed by atoms with Crippen LogP contribution in [-0.4, -0.2) is 35.8 Å². The van der Waals surface area contributed by atoms with Crippen LogP contribution in [0.3, 0.4) is 0 Å². The summed E-state index contributed by atoms with van der Waals surface area (Å²) in [7, 11) is 0. The van der Waals surface area contributed by atoms with E-state index in [1.165, 1.54) is 0 Å². The first-order chi connectivity index (χ1) is 6.68. The summed E-state index contributed by atoms with van der Waals surface area (Å²) in [5, 5.41) is 8.51. The van der Waals surface area contributed by atoms with Crippen molar-refractivity contribution in [3.8, 4) is 0 Å². The minimum Gasteiger partial charge on any atom is -0.462 e. The Hall–Kier alpha value is -0.480. The number of aliphatic hydroxyl groups excluding tert-OH is 1. The minimum absolute atomic E-state index is 0.248. The molecule has 0 unspecified atom stereocenters. The molecule has 0 radical (unpaired) electrons. The van der Waals surface area contributed by atoms with Gasteiger partial charge in [-0.2, -0.15) is 11.8 Å². The molecule has 82 valence electrons. The van der Waals surface area contributed by atoms with Crippen LogP contribution in [0.5, 0.6) is 0 Å². The van der Waals surface area contributed by atoms with Crippen molar-refractivity contribution < 1.29 is 14.6 Å². The molecule has 0 aromatic rings. The number of esters is 1. The lowest BCUT2D eigenvalue weighted by Gasteiger charge is -2.03. The molecule has 0 aliphatic rings. The van der Waals surface area contributed by atoms with Crippen LogP contribution >= 0.6 is 11.8 Å². The predicted octanol–water partition coefficient (Wildman–Crippen LogP) is 1.61. The fraction of sp³-hybridized carbons (Fsp3) is 0.700. The van der Waals surface area contributed by atoms with Crippen LogP contribution in [-0.2, 0) is 9.53 Å². The van der Waals surface area contributed by atoms with E-state index in [2.05, 4.69) is 6.58 Å². The standard InChI is InChI=1S/C10H18O3S/c1-9(2)10(12)13-6-4-8-14-7-3-5-11/h11H,1,3-8H2,2H3. The molecular weight excluding hydrogens is 200 g/mol. The summed E-state index contributed by atoms with van der Waals surface area (Å²) < 4.78 is 4.91. The number of carbonyl (C=O) groups is 1. The first-order valence-electron chi connectivity index (χ1n) is 4.69. The Kier molecular flexibility index (Phi) is 8.78. The summed E-state index contributed by atoms with van der Waals surface area (Å²) in [6.07, 6.45) is 1.69. The maximum Gasteiger partial charge on any atom is 0.333 e. The van der Waals surface area contributed by atoms with Gasteiger partial charge in [-0.25, -0.2) is 4.79 Å². The van der Waals surface area contributed by atoms with E-state index in [0.717, 1.165) is 24.3 Å². The van der Waals surface area contributed by atoms with Gasteiger partial charge in [0, 0.05) is 12.2 Å². The van der Waals surface area contributed by atoms with Gasteiger partial charge in [-0.3, -0.25) is 0 Å². The summed E-state index contributed by atoms with van der Waals surface area (Å²) >= 11 is 1.76. The molecule has 0 aromatic heterocycles. The van der Waals surface area contributed by atoms with Gasteiger partial charge in [0.15, 0.2) is 0 Å². The Morgan fingerprint density at radius 2 is 2.07 bits per heavy atom. The molecule has 0 amide bonds. The Bertz CT molecular complexity index is 180. The number of rotatable bonds is 8. The van der Waals surface area contributed by atoms with Gasteiger partial charge in [0.1, 0.15) is 0 Å². The minimum atomic E-state index is -0.314. The molecule has 0 rings (SSSR count). The molecule has 0 heterocycles. The van der Waals surface area contributed by atoms with E-state index >= 15 is 0 Å². The number of thioether (sulfide) groups is 1. The SMILES string of the molecule is C=C(C)C(=O)OCCCSCCCO. The summed E-state index contributed by atoms with van der Waals surface area (Å²) in [5.74, 6) is 1.61. The van der Waals surface area contributed by atoms with Crippen LogP contribution in [0.25, 0.3) is 0 Å². The van der Waals surface area contributed by atoms with Crippen LogP contribution in [0, 0.1) is 0 Å². The number of carbonyl (C=O) groups excluding carboxylic acids is 1. The molecule has 0 saturated carbocycles. The molecule has 0 saturated heterocycles. The Morgan fingerprint density at radius 3 is 2.64 bits per heavy atom. The molecular formula is C10H18O3S. The second-order valence-corrected chi connectivity index (χ2v) is 4.18. The lowest BCUT2D eigenvalue weighted by Crippen LogP contribution is -2.06. The van der Waals surface area contributed by atoms with E-state index in [1.54, 1.807) is 18.7 Å². The van der Waals surface area contributed by atoms with E-state index in [9.17, 15) is 4.79 Å². The molecule has 0 atom stereocenters. The number of ether oxygens (including phenoxy) is 1. The molecule has 4 heteroatoms. The second-order valence-electron chi connectivity index (χ2n) is 2.96. The van der Waals surface area contributed by atoms with E-state index in [1.807, 2.05) is 0 Å². The fourth-order valence-corrected chi connectivity index (χ4v) is 1.58. The van der Waals surface area contributed by atoms with Crippen molar-refractivity contribution in [3.05, 3.63) is 12.2 Å². The first kappa shape index (κ1) is 13.5. The molecule has 0 bridgehead atoms. The summed E-state index contributed by atoms with van der Waals surface area (Å²) in [6.45, 7) is 5.83. The highest BCUT2D eigenvalue weighted by Gasteiger charge is 2.01. The second kappa shape index (κ2) is 9.09. The molecule has 0 aromatic carbocycles. The average Bonchev–Trinajstić information content (AvgIpc) is 2.16. The quantitative estimate of drug-likeness (QED) is 0.382. The Balaban J connectivity index is 3.13. The van der Waals surface area contributed by atoms with Crippen LogP contribution in [0.1, 0.15) is 19.8 Å². The number of hydrogen-bond acceptors (Lipinski definition) is 4. The van der Waals surface area contributed by atoms with Gasteiger partial charge in [0.05, 0.1) is 6.61 Å². The first-order valence-corrected chi connectivity index (χ1v) is 5.85. The molecule has 0 fully saturated rings. The van der Waals surface area contributed by atoms with E-state index in [4.69, 9.17) is 9.84 Å². The molecule has 0 spiro atoms. The molecule has 1 N–H and O–H groups in total. The topological polar surface area (TPSA) is 46.5 Å². The Morgan fingerprint density at radius 1 is 1.43 bits per heavy atom. The highest BCUT2D eigenvalue weighted by Crippen LogP contribution is 2.04. The highest BCUT2D eigenvalue weighted by molar-refractivity contribution is 7.99. The highest BCUT2D eigenvalue weighted by atomic mass is 32.2. The summed E-state index contributed by atoms with van der Waals surface area (Å²) in [6, 6.07) is 0. The molecule has 3 nitrogen and oxygen atoms in total. The van der Waals surface area contributed by atoms with Gasteiger partial charge < -0.3 is 9.84 Å². The average molecular weight is 218 g/mol. The van der Waals surface area contributed by atoms with Crippen LogP contribution in [0.2, 0.25) is 0 Å². The third-order valence-corrected chi connectivity index (χ3v) is 2.62. The zero-order valence-electron chi connectivity index (χ0n) is 8.62. The van der Waals surface area contributed by atoms with E-state index in [-0.39, 0.29) is 12.6 Å². The molecule has 0 aliphatic carbocycles. The fourth-order valence-electron chi connectivity index (χ4n) is 0.718. The van der Waals surface area contributed by atoms with E-state index < -0.39 is 0 Å². The smallest absolute Gasteiger partial charge is 0.333 e.